The molecular formula is C13H17BrN2O3. The Labute approximate surface area is 120 Å². The molecule has 0 saturated carbocycles. The monoisotopic (exact) mass is 328 g/mol. The first-order valence-electron chi connectivity index (χ1n) is 6.22. The standard InChI is InChI=1S/C13H17BrN2O3/c1-9-13(2,5-6-19-9)15-8-10-3-4-11(16(17)18)7-12(10)14/h3-4,7,9,15H,5-6,8H2,1-2H3. The lowest BCUT2D eigenvalue weighted by Crippen LogP contribution is -2.47. The second-order valence-corrected chi connectivity index (χ2v) is 5.92. The normalized spacial score (nSPS) is 26.6. The van der Waals surface area contributed by atoms with E-state index in [1.54, 1.807) is 6.07 Å². The van der Waals surface area contributed by atoms with Crippen LogP contribution in [0.3, 0.4) is 0 Å². The maximum atomic E-state index is 10.7. The SMILES string of the molecule is CC1OCCC1(C)NCc1ccc([N+](=O)[O-])cc1Br. The summed E-state index contributed by atoms with van der Waals surface area (Å²) >= 11 is 3.38. The van der Waals surface area contributed by atoms with Crippen molar-refractivity contribution in [1.29, 1.82) is 0 Å². The van der Waals surface area contributed by atoms with Gasteiger partial charge in [-0.3, -0.25) is 10.1 Å². The first kappa shape index (κ1) is 14.4. The average molecular weight is 329 g/mol. The fourth-order valence-corrected chi connectivity index (χ4v) is 2.66. The van der Waals surface area contributed by atoms with Crippen molar-refractivity contribution in [2.45, 2.75) is 38.5 Å². The number of hydrogen-bond acceptors (Lipinski definition) is 4. The van der Waals surface area contributed by atoms with Crippen LogP contribution in [0.2, 0.25) is 0 Å². The van der Waals surface area contributed by atoms with E-state index in [-0.39, 0.29) is 17.3 Å². The third-order valence-electron chi connectivity index (χ3n) is 3.82. The molecule has 19 heavy (non-hydrogen) atoms. The van der Waals surface area contributed by atoms with Crippen LogP contribution in [0.5, 0.6) is 0 Å². The minimum Gasteiger partial charge on any atom is -0.377 e. The van der Waals surface area contributed by atoms with Crippen LogP contribution in [0.4, 0.5) is 5.69 Å². The Balaban J connectivity index is 2.06. The second-order valence-electron chi connectivity index (χ2n) is 5.07. The third-order valence-corrected chi connectivity index (χ3v) is 4.55. The first-order chi connectivity index (χ1) is 8.92. The molecule has 1 N–H and O–H groups in total. The minimum atomic E-state index is -0.393. The molecule has 0 amide bonds. The van der Waals surface area contributed by atoms with Gasteiger partial charge in [0.2, 0.25) is 0 Å². The van der Waals surface area contributed by atoms with Gasteiger partial charge < -0.3 is 10.1 Å². The van der Waals surface area contributed by atoms with Crippen LogP contribution in [0.15, 0.2) is 22.7 Å². The van der Waals surface area contributed by atoms with Gasteiger partial charge in [-0.25, -0.2) is 0 Å². The summed E-state index contributed by atoms with van der Waals surface area (Å²) in [6, 6.07) is 4.84. The van der Waals surface area contributed by atoms with Gasteiger partial charge in [-0.2, -0.15) is 0 Å². The van der Waals surface area contributed by atoms with Gasteiger partial charge in [-0.05, 0) is 31.9 Å². The van der Waals surface area contributed by atoms with Crippen LogP contribution < -0.4 is 5.32 Å². The second kappa shape index (κ2) is 5.56. The maximum absolute atomic E-state index is 10.7. The number of benzene rings is 1. The van der Waals surface area contributed by atoms with Crippen molar-refractivity contribution in [1.82, 2.24) is 5.32 Å². The quantitative estimate of drug-likeness (QED) is 0.681. The smallest absolute Gasteiger partial charge is 0.270 e. The van der Waals surface area contributed by atoms with E-state index in [4.69, 9.17) is 4.74 Å². The molecule has 2 atom stereocenters. The number of nitrogens with zero attached hydrogens (tertiary/aromatic N) is 1. The largest absolute Gasteiger partial charge is 0.377 e. The number of hydrogen-bond donors (Lipinski definition) is 1. The predicted octanol–water partition coefficient (Wildman–Crippen LogP) is 3.01. The zero-order valence-corrected chi connectivity index (χ0v) is 12.6. The molecule has 1 saturated heterocycles. The Kier molecular flexibility index (Phi) is 4.23. The Hall–Kier alpha value is -0.980. The number of halogens is 1. The Morgan fingerprint density at radius 2 is 2.37 bits per heavy atom. The molecule has 0 aromatic heterocycles. The Morgan fingerprint density at radius 3 is 2.89 bits per heavy atom. The summed E-state index contributed by atoms with van der Waals surface area (Å²) in [5.41, 5.74) is 1.06. The van der Waals surface area contributed by atoms with Crippen LogP contribution in [-0.4, -0.2) is 23.2 Å². The first-order valence-corrected chi connectivity index (χ1v) is 7.01. The van der Waals surface area contributed by atoms with Crippen molar-refractivity contribution in [3.05, 3.63) is 38.3 Å². The number of nitro groups is 1. The van der Waals surface area contributed by atoms with Gasteiger partial charge in [0.25, 0.3) is 5.69 Å². The van der Waals surface area contributed by atoms with Gasteiger partial charge in [-0.15, -0.1) is 0 Å². The molecule has 1 aromatic carbocycles. The van der Waals surface area contributed by atoms with E-state index in [1.807, 2.05) is 0 Å². The van der Waals surface area contributed by atoms with Crippen molar-refractivity contribution in [2.75, 3.05) is 6.61 Å². The number of nitro benzene ring substituents is 1. The Morgan fingerprint density at radius 1 is 1.63 bits per heavy atom. The highest BCUT2D eigenvalue weighted by molar-refractivity contribution is 9.10. The molecule has 6 heteroatoms. The average Bonchev–Trinajstić information content (AvgIpc) is 2.68. The van der Waals surface area contributed by atoms with Crippen LogP contribution in [0.25, 0.3) is 0 Å². The predicted molar refractivity (Wildman–Crippen MR) is 76.1 cm³/mol. The number of rotatable bonds is 4. The summed E-state index contributed by atoms with van der Waals surface area (Å²) in [5.74, 6) is 0. The summed E-state index contributed by atoms with van der Waals surface area (Å²) in [6.07, 6.45) is 1.14. The molecule has 1 aromatic rings. The number of nitrogens with one attached hydrogen (secondary N) is 1. The summed E-state index contributed by atoms with van der Waals surface area (Å²) < 4.78 is 6.33. The van der Waals surface area contributed by atoms with E-state index in [0.717, 1.165) is 23.1 Å². The third kappa shape index (κ3) is 3.13. The fraction of sp³-hybridized carbons (Fsp3) is 0.538. The van der Waals surface area contributed by atoms with Crippen LogP contribution in [-0.2, 0) is 11.3 Å². The van der Waals surface area contributed by atoms with Gasteiger partial charge in [-0.1, -0.05) is 15.9 Å². The molecule has 2 rings (SSSR count). The van der Waals surface area contributed by atoms with Crippen molar-refractivity contribution in [3.63, 3.8) is 0 Å². The lowest BCUT2D eigenvalue weighted by atomic mass is 9.94. The molecule has 1 fully saturated rings. The molecule has 1 heterocycles. The molecule has 5 nitrogen and oxygen atoms in total. The van der Waals surface area contributed by atoms with E-state index in [0.29, 0.717) is 6.54 Å². The van der Waals surface area contributed by atoms with Crippen LogP contribution >= 0.6 is 15.9 Å². The molecule has 1 aliphatic heterocycles. The van der Waals surface area contributed by atoms with E-state index < -0.39 is 4.92 Å². The molecule has 0 aliphatic carbocycles. The lowest BCUT2D eigenvalue weighted by Gasteiger charge is -2.29. The zero-order valence-electron chi connectivity index (χ0n) is 11.0. The lowest BCUT2D eigenvalue weighted by molar-refractivity contribution is -0.384. The highest BCUT2D eigenvalue weighted by atomic mass is 79.9. The van der Waals surface area contributed by atoms with Gasteiger partial charge in [0.15, 0.2) is 0 Å². The van der Waals surface area contributed by atoms with Crippen molar-refractivity contribution >= 4 is 21.6 Å². The summed E-state index contributed by atoms with van der Waals surface area (Å²) in [4.78, 5) is 10.3. The molecule has 104 valence electrons. The molecule has 0 spiro atoms. The van der Waals surface area contributed by atoms with E-state index in [2.05, 4.69) is 35.1 Å². The number of non-ortho nitro benzene ring substituents is 1. The summed E-state index contributed by atoms with van der Waals surface area (Å²) in [5, 5.41) is 14.2. The molecular weight excluding hydrogens is 312 g/mol. The summed E-state index contributed by atoms with van der Waals surface area (Å²) in [6.45, 7) is 5.63. The van der Waals surface area contributed by atoms with Gasteiger partial charge in [0.05, 0.1) is 11.0 Å². The topological polar surface area (TPSA) is 64.4 Å². The van der Waals surface area contributed by atoms with E-state index in [9.17, 15) is 10.1 Å². The Bertz CT molecular complexity index is 495. The molecule has 0 bridgehead atoms. The summed E-state index contributed by atoms with van der Waals surface area (Å²) in [7, 11) is 0. The van der Waals surface area contributed by atoms with Crippen molar-refractivity contribution in [2.24, 2.45) is 0 Å². The van der Waals surface area contributed by atoms with Gasteiger partial charge in [0, 0.05) is 35.3 Å². The van der Waals surface area contributed by atoms with E-state index in [1.165, 1.54) is 12.1 Å². The molecule has 2 unspecified atom stereocenters. The maximum Gasteiger partial charge on any atom is 0.270 e. The van der Waals surface area contributed by atoms with Crippen molar-refractivity contribution < 1.29 is 9.66 Å². The highest BCUT2D eigenvalue weighted by Crippen LogP contribution is 2.27. The fourth-order valence-electron chi connectivity index (χ4n) is 2.16. The minimum absolute atomic E-state index is 0.0405. The van der Waals surface area contributed by atoms with Crippen molar-refractivity contribution in [3.8, 4) is 0 Å². The van der Waals surface area contributed by atoms with Gasteiger partial charge >= 0.3 is 0 Å². The highest BCUT2D eigenvalue weighted by Gasteiger charge is 2.36. The van der Waals surface area contributed by atoms with E-state index >= 15 is 0 Å². The molecule has 1 aliphatic rings. The van der Waals surface area contributed by atoms with Gasteiger partial charge in [0.1, 0.15) is 0 Å². The molecule has 0 radical (unpaired) electrons. The van der Waals surface area contributed by atoms with Crippen LogP contribution in [0.1, 0.15) is 25.8 Å². The van der Waals surface area contributed by atoms with Crippen LogP contribution in [0, 0.1) is 10.1 Å². The zero-order chi connectivity index (χ0) is 14.0. The number of ether oxygens (including phenoxy) is 1.